The van der Waals surface area contributed by atoms with Crippen molar-refractivity contribution in [3.05, 3.63) is 45.0 Å². The third-order valence-corrected chi connectivity index (χ3v) is 2.68. The Labute approximate surface area is 110 Å². The number of H-pyrrole nitrogens is 2. The SMILES string of the molecule is Nc1[nH]c(=S)[nH]c(=O)c1-c1ccc(C(F)(F)F)cc1. The minimum Gasteiger partial charge on any atom is -0.385 e. The summed E-state index contributed by atoms with van der Waals surface area (Å²) in [5.74, 6) is 0.00788. The molecular formula is C11H8F3N3OS. The van der Waals surface area contributed by atoms with Gasteiger partial charge in [0.2, 0.25) is 0 Å². The second kappa shape index (κ2) is 4.54. The van der Waals surface area contributed by atoms with Crippen molar-refractivity contribution in [1.29, 1.82) is 0 Å². The lowest BCUT2D eigenvalue weighted by molar-refractivity contribution is -0.137. The molecular weight excluding hydrogens is 279 g/mol. The van der Waals surface area contributed by atoms with Crippen LogP contribution in [0.5, 0.6) is 0 Å². The van der Waals surface area contributed by atoms with E-state index in [1.807, 2.05) is 0 Å². The van der Waals surface area contributed by atoms with Gasteiger partial charge < -0.3 is 10.7 Å². The van der Waals surface area contributed by atoms with Gasteiger partial charge in [0, 0.05) is 0 Å². The monoisotopic (exact) mass is 287 g/mol. The van der Waals surface area contributed by atoms with E-state index in [0.717, 1.165) is 12.1 Å². The molecule has 0 radical (unpaired) electrons. The number of hydrogen-bond acceptors (Lipinski definition) is 3. The van der Waals surface area contributed by atoms with Gasteiger partial charge in [-0.05, 0) is 29.9 Å². The first-order valence-corrected chi connectivity index (χ1v) is 5.49. The van der Waals surface area contributed by atoms with Gasteiger partial charge in [-0.1, -0.05) is 12.1 Å². The highest BCUT2D eigenvalue weighted by Crippen LogP contribution is 2.30. The standard InChI is InChI=1S/C11H8F3N3OS/c12-11(13,14)6-3-1-5(2-4-6)7-8(15)16-10(19)17-9(7)18/h1-4H,(H4,15,16,17,18,19). The van der Waals surface area contributed by atoms with Crippen LogP contribution < -0.4 is 11.3 Å². The van der Waals surface area contributed by atoms with E-state index in [1.165, 1.54) is 12.1 Å². The highest BCUT2D eigenvalue weighted by Gasteiger charge is 2.30. The zero-order chi connectivity index (χ0) is 14.2. The largest absolute Gasteiger partial charge is 0.416 e. The molecule has 1 heterocycles. The molecule has 8 heteroatoms. The molecule has 2 aromatic rings. The van der Waals surface area contributed by atoms with Crippen LogP contribution in [0.4, 0.5) is 19.0 Å². The summed E-state index contributed by atoms with van der Waals surface area (Å²) in [7, 11) is 0. The van der Waals surface area contributed by atoms with Gasteiger partial charge in [0.1, 0.15) is 5.82 Å². The van der Waals surface area contributed by atoms with E-state index in [2.05, 4.69) is 9.97 Å². The maximum atomic E-state index is 12.4. The van der Waals surface area contributed by atoms with Crippen molar-refractivity contribution >= 4 is 18.0 Å². The van der Waals surface area contributed by atoms with Gasteiger partial charge >= 0.3 is 6.18 Å². The van der Waals surface area contributed by atoms with Crippen molar-refractivity contribution < 1.29 is 13.2 Å². The van der Waals surface area contributed by atoms with Crippen molar-refractivity contribution in [3.8, 4) is 11.1 Å². The van der Waals surface area contributed by atoms with Crippen LogP contribution in [0.1, 0.15) is 5.56 Å². The van der Waals surface area contributed by atoms with Crippen LogP contribution in [0.2, 0.25) is 0 Å². The number of hydrogen-bond donors (Lipinski definition) is 3. The molecule has 0 aliphatic heterocycles. The lowest BCUT2D eigenvalue weighted by atomic mass is 10.1. The summed E-state index contributed by atoms with van der Waals surface area (Å²) in [6.45, 7) is 0. The first-order valence-electron chi connectivity index (χ1n) is 5.09. The van der Waals surface area contributed by atoms with Crippen LogP contribution in [-0.4, -0.2) is 9.97 Å². The molecule has 0 spiro atoms. The minimum atomic E-state index is -4.42. The van der Waals surface area contributed by atoms with Crippen LogP contribution in [0, 0.1) is 4.77 Å². The molecule has 0 amide bonds. The topological polar surface area (TPSA) is 74.7 Å². The Morgan fingerprint density at radius 3 is 2.16 bits per heavy atom. The Bertz CT molecular complexity index is 716. The summed E-state index contributed by atoms with van der Waals surface area (Å²) in [5, 5.41) is 0. The molecule has 0 saturated carbocycles. The fourth-order valence-corrected chi connectivity index (χ4v) is 1.82. The van der Waals surface area contributed by atoms with Gasteiger partial charge in [-0.15, -0.1) is 0 Å². The summed E-state index contributed by atoms with van der Waals surface area (Å²) in [6.07, 6.45) is -4.42. The van der Waals surface area contributed by atoms with E-state index < -0.39 is 17.3 Å². The van der Waals surface area contributed by atoms with Crippen LogP contribution in [-0.2, 0) is 6.18 Å². The molecule has 0 unspecified atom stereocenters. The van der Waals surface area contributed by atoms with Gasteiger partial charge in [0.15, 0.2) is 4.77 Å². The first-order chi connectivity index (χ1) is 8.79. The third kappa shape index (κ3) is 2.68. The Morgan fingerprint density at radius 2 is 1.68 bits per heavy atom. The Hall–Kier alpha value is -2.09. The number of aromatic nitrogens is 2. The highest BCUT2D eigenvalue weighted by molar-refractivity contribution is 7.71. The number of aromatic amines is 2. The predicted molar refractivity (Wildman–Crippen MR) is 67.1 cm³/mol. The second-order valence-electron chi connectivity index (χ2n) is 3.77. The zero-order valence-electron chi connectivity index (χ0n) is 9.34. The molecule has 100 valence electrons. The van der Waals surface area contributed by atoms with E-state index in [1.54, 1.807) is 0 Å². The Balaban J connectivity index is 2.56. The predicted octanol–water partition coefficient (Wildman–Crippen LogP) is 2.70. The van der Waals surface area contributed by atoms with Gasteiger partial charge in [-0.25, -0.2) is 0 Å². The lowest BCUT2D eigenvalue weighted by Crippen LogP contribution is -2.14. The molecule has 0 aliphatic rings. The van der Waals surface area contributed by atoms with Crippen molar-refractivity contribution in [2.75, 3.05) is 5.73 Å². The molecule has 4 nitrogen and oxygen atoms in total. The maximum Gasteiger partial charge on any atom is 0.416 e. The van der Waals surface area contributed by atoms with E-state index in [-0.39, 0.29) is 21.7 Å². The zero-order valence-corrected chi connectivity index (χ0v) is 10.2. The molecule has 1 aromatic heterocycles. The van der Waals surface area contributed by atoms with Crippen LogP contribution in [0.3, 0.4) is 0 Å². The number of anilines is 1. The second-order valence-corrected chi connectivity index (χ2v) is 4.18. The number of benzene rings is 1. The van der Waals surface area contributed by atoms with Gasteiger partial charge in [0.05, 0.1) is 11.1 Å². The first kappa shape index (κ1) is 13.3. The highest BCUT2D eigenvalue weighted by atomic mass is 32.1. The number of nitrogen functional groups attached to an aromatic ring is 1. The summed E-state index contributed by atoms with van der Waals surface area (Å²) in [6, 6.07) is 4.13. The minimum absolute atomic E-state index is 0.00788. The molecule has 0 aliphatic carbocycles. The number of nitrogens with one attached hydrogen (secondary N) is 2. The molecule has 0 atom stereocenters. The van der Waals surface area contributed by atoms with Gasteiger partial charge in [-0.2, -0.15) is 13.2 Å². The van der Waals surface area contributed by atoms with Gasteiger partial charge in [-0.3, -0.25) is 9.78 Å². The quantitative estimate of drug-likeness (QED) is 0.706. The van der Waals surface area contributed by atoms with Crippen molar-refractivity contribution in [2.24, 2.45) is 0 Å². The average molecular weight is 287 g/mol. The molecule has 2 rings (SSSR count). The summed E-state index contributed by atoms with van der Waals surface area (Å²) in [4.78, 5) is 16.6. The van der Waals surface area contributed by atoms with Crippen LogP contribution in [0.25, 0.3) is 11.1 Å². The summed E-state index contributed by atoms with van der Waals surface area (Å²) >= 11 is 4.73. The lowest BCUT2D eigenvalue weighted by Gasteiger charge is -2.08. The van der Waals surface area contributed by atoms with Crippen molar-refractivity contribution in [2.45, 2.75) is 6.18 Å². The van der Waals surface area contributed by atoms with Crippen molar-refractivity contribution in [1.82, 2.24) is 9.97 Å². The van der Waals surface area contributed by atoms with Crippen LogP contribution >= 0.6 is 12.2 Å². The van der Waals surface area contributed by atoms with E-state index in [4.69, 9.17) is 18.0 Å². The number of rotatable bonds is 1. The fourth-order valence-electron chi connectivity index (χ4n) is 1.62. The smallest absolute Gasteiger partial charge is 0.385 e. The van der Waals surface area contributed by atoms with Crippen molar-refractivity contribution in [3.63, 3.8) is 0 Å². The van der Waals surface area contributed by atoms with Crippen LogP contribution in [0.15, 0.2) is 29.1 Å². The summed E-state index contributed by atoms with van der Waals surface area (Å²) in [5.41, 5.74) is 4.60. The number of alkyl halides is 3. The molecule has 0 fully saturated rings. The Kier molecular flexibility index (Phi) is 3.19. The number of halogens is 3. The van der Waals surface area contributed by atoms with E-state index in [9.17, 15) is 18.0 Å². The third-order valence-electron chi connectivity index (χ3n) is 2.47. The normalized spacial score (nSPS) is 11.5. The van der Waals surface area contributed by atoms with E-state index >= 15 is 0 Å². The maximum absolute atomic E-state index is 12.4. The van der Waals surface area contributed by atoms with E-state index in [0.29, 0.717) is 0 Å². The fraction of sp³-hybridized carbons (Fsp3) is 0.0909. The molecule has 1 aromatic carbocycles. The number of nitrogens with two attached hydrogens (primary N) is 1. The molecule has 4 N–H and O–H groups in total. The van der Waals surface area contributed by atoms with Gasteiger partial charge in [0.25, 0.3) is 5.56 Å². The average Bonchev–Trinajstić information content (AvgIpc) is 2.27. The molecule has 0 bridgehead atoms. The molecule has 0 saturated heterocycles. The Morgan fingerprint density at radius 1 is 1.11 bits per heavy atom. The summed E-state index contributed by atoms with van der Waals surface area (Å²) < 4.78 is 37.3. The molecule has 19 heavy (non-hydrogen) atoms.